The van der Waals surface area contributed by atoms with Crippen LogP contribution in [-0.2, 0) is 14.2 Å². The van der Waals surface area contributed by atoms with Crippen molar-refractivity contribution in [2.45, 2.75) is 44.3 Å². The molecule has 7 heteroatoms. The van der Waals surface area contributed by atoms with Crippen molar-refractivity contribution in [2.75, 3.05) is 53.6 Å². The zero-order valence-corrected chi connectivity index (χ0v) is 16.8. The van der Waals surface area contributed by atoms with Gasteiger partial charge < -0.3 is 24.4 Å². The van der Waals surface area contributed by atoms with Crippen molar-refractivity contribution in [3.8, 4) is 0 Å². The summed E-state index contributed by atoms with van der Waals surface area (Å²) in [6.07, 6.45) is 6.14. The maximum absolute atomic E-state index is 5.89. The molecule has 0 radical (unpaired) electrons. The fraction of sp³-hybridized carbons (Fsp3) is 0.938. The number of hydrogen-bond donors (Lipinski definition) is 1. The van der Waals surface area contributed by atoms with Gasteiger partial charge in [0.1, 0.15) is 6.10 Å². The molecule has 0 amide bonds. The average molecular weight is 441 g/mol. The Morgan fingerprint density at radius 3 is 2.74 bits per heavy atom. The zero-order valence-electron chi connectivity index (χ0n) is 14.5. The van der Waals surface area contributed by atoms with E-state index in [1.165, 1.54) is 6.42 Å². The average Bonchev–Trinajstić information content (AvgIpc) is 3.09. The lowest BCUT2D eigenvalue weighted by atomic mass is 10.1. The van der Waals surface area contributed by atoms with Crippen LogP contribution in [0.4, 0.5) is 0 Å². The lowest BCUT2D eigenvalue weighted by Crippen LogP contribution is -2.53. The summed E-state index contributed by atoms with van der Waals surface area (Å²) in [5, 5.41) is 3.47. The van der Waals surface area contributed by atoms with Gasteiger partial charge in [-0.2, -0.15) is 0 Å². The SMILES string of the molecule is CN=C(NCCCCCOC)N1CCOC(C2CCCO2)C1.I. The number of rotatable bonds is 7. The van der Waals surface area contributed by atoms with Gasteiger partial charge in [0.2, 0.25) is 0 Å². The van der Waals surface area contributed by atoms with E-state index in [2.05, 4.69) is 15.2 Å². The Morgan fingerprint density at radius 2 is 2.04 bits per heavy atom. The third-order valence-corrected chi connectivity index (χ3v) is 4.29. The van der Waals surface area contributed by atoms with Crippen molar-refractivity contribution < 1.29 is 14.2 Å². The van der Waals surface area contributed by atoms with Crippen molar-refractivity contribution >= 4 is 29.9 Å². The first-order valence-corrected chi connectivity index (χ1v) is 8.53. The largest absolute Gasteiger partial charge is 0.385 e. The molecule has 2 atom stereocenters. The van der Waals surface area contributed by atoms with E-state index < -0.39 is 0 Å². The number of hydrogen-bond acceptors (Lipinski definition) is 4. The monoisotopic (exact) mass is 441 g/mol. The maximum atomic E-state index is 5.89. The highest BCUT2D eigenvalue weighted by atomic mass is 127. The molecule has 0 saturated carbocycles. The molecular weight excluding hydrogens is 409 g/mol. The number of halogens is 1. The van der Waals surface area contributed by atoms with E-state index in [9.17, 15) is 0 Å². The Morgan fingerprint density at radius 1 is 1.22 bits per heavy atom. The lowest BCUT2D eigenvalue weighted by molar-refractivity contribution is -0.0816. The quantitative estimate of drug-likeness (QED) is 0.283. The summed E-state index contributed by atoms with van der Waals surface area (Å²) in [6.45, 7) is 5.19. The summed E-state index contributed by atoms with van der Waals surface area (Å²) in [5.41, 5.74) is 0. The molecule has 2 aliphatic heterocycles. The van der Waals surface area contributed by atoms with E-state index in [0.717, 1.165) is 71.1 Å². The fourth-order valence-corrected chi connectivity index (χ4v) is 3.07. The molecule has 0 aromatic heterocycles. The predicted octanol–water partition coefficient (Wildman–Crippen LogP) is 1.88. The minimum absolute atomic E-state index is 0. The van der Waals surface area contributed by atoms with Crippen LogP contribution >= 0.6 is 24.0 Å². The van der Waals surface area contributed by atoms with Crippen molar-refractivity contribution in [3.05, 3.63) is 0 Å². The summed E-state index contributed by atoms with van der Waals surface area (Å²) < 4.78 is 16.7. The number of nitrogens with zero attached hydrogens (tertiary/aromatic N) is 2. The Balaban J connectivity index is 0.00000264. The minimum Gasteiger partial charge on any atom is -0.385 e. The van der Waals surface area contributed by atoms with Gasteiger partial charge in [-0.15, -0.1) is 24.0 Å². The van der Waals surface area contributed by atoms with Crippen LogP contribution in [0.2, 0.25) is 0 Å². The molecule has 0 bridgehead atoms. The molecular formula is C16H32IN3O3. The first-order chi connectivity index (χ1) is 10.8. The molecule has 2 rings (SSSR count). The van der Waals surface area contributed by atoms with Gasteiger partial charge in [-0.05, 0) is 32.1 Å². The summed E-state index contributed by atoms with van der Waals surface area (Å²) in [4.78, 5) is 6.71. The molecule has 2 fully saturated rings. The minimum atomic E-state index is 0. The van der Waals surface area contributed by atoms with Gasteiger partial charge in [-0.25, -0.2) is 0 Å². The Kier molecular flexibility index (Phi) is 11.2. The molecule has 0 aromatic carbocycles. The zero-order chi connectivity index (χ0) is 15.6. The van der Waals surface area contributed by atoms with Crippen LogP contribution in [-0.4, -0.2) is 76.7 Å². The normalized spacial score (nSPS) is 25.3. The number of morpholine rings is 1. The van der Waals surface area contributed by atoms with Crippen LogP contribution < -0.4 is 5.32 Å². The van der Waals surface area contributed by atoms with Gasteiger partial charge in [0, 0.05) is 47.0 Å². The van der Waals surface area contributed by atoms with Crippen LogP contribution in [0, 0.1) is 0 Å². The fourth-order valence-electron chi connectivity index (χ4n) is 3.07. The molecule has 0 spiro atoms. The van der Waals surface area contributed by atoms with E-state index in [-0.39, 0.29) is 36.2 Å². The van der Waals surface area contributed by atoms with Gasteiger partial charge in [0.25, 0.3) is 0 Å². The summed E-state index contributed by atoms with van der Waals surface area (Å²) in [5.74, 6) is 0.984. The van der Waals surface area contributed by atoms with Gasteiger partial charge in [-0.1, -0.05) is 0 Å². The van der Waals surface area contributed by atoms with E-state index in [1.807, 2.05) is 7.05 Å². The summed E-state index contributed by atoms with van der Waals surface area (Å²) in [6, 6.07) is 0. The first-order valence-electron chi connectivity index (χ1n) is 8.53. The van der Waals surface area contributed by atoms with Crippen LogP contribution in [0.25, 0.3) is 0 Å². The molecule has 0 aliphatic carbocycles. The molecule has 2 aliphatic rings. The van der Waals surface area contributed by atoms with Crippen molar-refractivity contribution in [1.29, 1.82) is 0 Å². The third-order valence-electron chi connectivity index (χ3n) is 4.29. The van der Waals surface area contributed by atoms with Crippen LogP contribution in [0.3, 0.4) is 0 Å². The van der Waals surface area contributed by atoms with Crippen molar-refractivity contribution in [2.24, 2.45) is 4.99 Å². The number of aliphatic imine (C=N–C) groups is 1. The molecule has 2 saturated heterocycles. The maximum Gasteiger partial charge on any atom is 0.193 e. The highest BCUT2D eigenvalue weighted by Gasteiger charge is 2.32. The van der Waals surface area contributed by atoms with Gasteiger partial charge in [0.15, 0.2) is 5.96 Å². The molecule has 0 aromatic rings. The van der Waals surface area contributed by atoms with Gasteiger partial charge in [-0.3, -0.25) is 4.99 Å². The molecule has 2 unspecified atom stereocenters. The topological polar surface area (TPSA) is 55.3 Å². The number of guanidine groups is 1. The molecule has 1 N–H and O–H groups in total. The Bertz CT molecular complexity index is 339. The smallest absolute Gasteiger partial charge is 0.193 e. The van der Waals surface area contributed by atoms with Crippen molar-refractivity contribution in [1.82, 2.24) is 10.2 Å². The van der Waals surface area contributed by atoms with E-state index in [1.54, 1.807) is 7.11 Å². The lowest BCUT2D eigenvalue weighted by Gasteiger charge is -2.37. The summed E-state index contributed by atoms with van der Waals surface area (Å²) >= 11 is 0. The number of ether oxygens (including phenoxy) is 3. The second-order valence-electron chi connectivity index (χ2n) is 5.93. The number of unbranched alkanes of at least 4 members (excludes halogenated alkanes) is 2. The molecule has 6 nitrogen and oxygen atoms in total. The standard InChI is InChI=1S/C16H31N3O3.HI/c1-17-16(18-8-4-3-5-10-20-2)19-9-12-22-15(13-19)14-7-6-11-21-14;/h14-15H,3-13H2,1-2H3,(H,17,18);1H. The predicted molar refractivity (Wildman–Crippen MR) is 103 cm³/mol. The van der Waals surface area contributed by atoms with Crippen LogP contribution in [0.1, 0.15) is 32.1 Å². The second kappa shape index (κ2) is 12.3. The molecule has 23 heavy (non-hydrogen) atoms. The summed E-state index contributed by atoms with van der Waals surface area (Å²) in [7, 11) is 3.60. The Labute approximate surface area is 157 Å². The van der Waals surface area contributed by atoms with E-state index in [4.69, 9.17) is 14.2 Å². The van der Waals surface area contributed by atoms with E-state index >= 15 is 0 Å². The highest BCUT2D eigenvalue weighted by Crippen LogP contribution is 2.20. The highest BCUT2D eigenvalue weighted by molar-refractivity contribution is 14.0. The van der Waals surface area contributed by atoms with Crippen LogP contribution in [0.15, 0.2) is 4.99 Å². The Hall–Kier alpha value is -0.120. The number of methoxy groups -OCH3 is 1. The van der Waals surface area contributed by atoms with Gasteiger partial charge >= 0.3 is 0 Å². The third kappa shape index (κ3) is 7.11. The molecule has 2 heterocycles. The van der Waals surface area contributed by atoms with Crippen molar-refractivity contribution in [3.63, 3.8) is 0 Å². The van der Waals surface area contributed by atoms with Gasteiger partial charge in [0.05, 0.1) is 12.7 Å². The second-order valence-corrected chi connectivity index (χ2v) is 5.93. The van der Waals surface area contributed by atoms with E-state index in [0.29, 0.717) is 0 Å². The molecule has 136 valence electrons. The van der Waals surface area contributed by atoms with Crippen LogP contribution in [0.5, 0.6) is 0 Å². The first kappa shape index (κ1) is 20.9. The number of nitrogens with one attached hydrogen (secondary N) is 1.